The number of halogens is 4. The highest BCUT2D eigenvalue weighted by atomic mass is 35.5. The number of nitrogens with zero attached hydrogens (tertiary/aromatic N) is 3. The van der Waals surface area contributed by atoms with E-state index in [1.54, 1.807) is 25.1 Å². The second-order valence-electron chi connectivity index (χ2n) is 4.88. The van der Waals surface area contributed by atoms with Gasteiger partial charge in [-0.2, -0.15) is 18.4 Å². The molecule has 1 N–H and O–H groups in total. The molecule has 4 nitrogen and oxygen atoms in total. The minimum Gasteiger partial charge on any atom is -0.376 e. The number of nitriles is 1. The Hall–Kier alpha value is -2.46. The minimum absolute atomic E-state index is 0.0291. The summed E-state index contributed by atoms with van der Waals surface area (Å²) in [6.07, 6.45) is -3.03. The molecule has 0 saturated heterocycles. The summed E-state index contributed by atoms with van der Waals surface area (Å²) >= 11 is 5.94. The van der Waals surface area contributed by atoms with Gasteiger partial charge in [0.1, 0.15) is 17.5 Å². The Bertz CT molecular complexity index is 766. The number of alkyl halides is 3. The van der Waals surface area contributed by atoms with Crippen LogP contribution in [0.2, 0.25) is 5.02 Å². The molecule has 2 aromatic rings. The van der Waals surface area contributed by atoms with E-state index in [9.17, 15) is 18.4 Å². The second kappa shape index (κ2) is 6.34. The monoisotopic (exact) mass is 340 g/mol. The molecular weight excluding hydrogens is 329 g/mol. The van der Waals surface area contributed by atoms with Gasteiger partial charge in [-0.15, -0.1) is 0 Å². The third-order valence-electron chi connectivity index (χ3n) is 3.07. The van der Waals surface area contributed by atoms with Crippen LogP contribution in [0.15, 0.2) is 30.5 Å². The first-order chi connectivity index (χ1) is 10.7. The number of pyridine rings is 1. The van der Waals surface area contributed by atoms with Crippen LogP contribution in [0.3, 0.4) is 0 Å². The summed E-state index contributed by atoms with van der Waals surface area (Å²) in [5, 5.41) is 12.1. The summed E-state index contributed by atoms with van der Waals surface area (Å²) in [7, 11) is 3.49. The zero-order chi connectivity index (χ0) is 17.2. The van der Waals surface area contributed by atoms with Gasteiger partial charge in [0, 0.05) is 20.3 Å². The number of hydrogen-bond acceptors (Lipinski definition) is 4. The van der Waals surface area contributed by atoms with Gasteiger partial charge in [-0.1, -0.05) is 11.6 Å². The molecule has 120 valence electrons. The van der Waals surface area contributed by atoms with E-state index in [0.29, 0.717) is 5.69 Å². The Balaban J connectivity index is 2.48. The van der Waals surface area contributed by atoms with Crippen molar-refractivity contribution >= 4 is 28.8 Å². The number of aromatic nitrogens is 1. The summed E-state index contributed by atoms with van der Waals surface area (Å²) in [6, 6.07) is 6.56. The van der Waals surface area contributed by atoms with E-state index in [2.05, 4.69) is 10.3 Å². The van der Waals surface area contributed by atoms with Crippen LogP contribution in [0.5, 0.6) is 0 Å². The third kappa shape index (κ3) is 3.66. The minimum atomic E-state index is -4.49. The molecule has 1 heterocycles. The van der Waals surface area contributed by atoms with Crippen LogP contribution < -0.4 is 10.2 Å². The van der Waals surface area contributed by atoms with E-state index >= 15 is 0 Å². The quantitative estimate of drug-likeness (QED) is 0.897. The lowest BCUT2D eigenvalue weighted by Gasteiger charge is -2.17. The van der Waals surface area contributed by atoms with E-state index in [1.165, 1.54) is 6.20 Å². The zero-order valence-electron chi connectivity index (χ0n) is 12.2. The second-order valence-corrected chi connectivity index (χ2v) is 5.28. The Kier molecular flexibility index (Phi) is 4.66. The third-order valence-corrected chi connectivity index (χ3v) is 3.40. The Morgan fingerprint density at radius 3 is 2.52 bits per heavy atom. The summed E-state index contributed by atoms with van der Waals surface area (Å²) in [4.78, 5) is 5.73. The summed E-state index contributed by atoms with van der Waals surface area (Å²) in [5.41, 5.74) is -0.00727. The van der Waals surface area contributed by atoms with Gasteiger partial charge in [-0.05, 0) is 24.3 Å². The standard InChI is InChI=1S/C15H12ClF3N4/c1-23(2)13-5-6-21-14(10(13)8-20)22-12-7-9(15(17,18)19)3-4-11(12)16/h3-7H,1-2H3,(H,21,22). The predicted octanol–water partition coefficient (Wildman–Crippen LogP) is 4.44. The molecule has 0 aliphatic rings. The van der Waals surface area contributed by atoms with E-state index in [1.807, 2.05) is 6.07 Å². The first-order valence-electron chi connectivity index (χ1n) is 6.44. The van der Waals surface area contributed by atoms with Gasteiger partial charge in [0.15, 0.2) is 0 Å². The Labute approximate surface area is 136 Å². The number of nitrogens with one attached hydrogen (secondary N) is 1. The van der Waals surface area contributed by atoms with Crippen molar-refractivity contribution in [3.63, 3.8) is 0 Å². The first-order valence-corrected chi connectivity index (χ1v) is 6.82. The molecule has 0 radical (unpaired) electrons. The van der Waals surface area contributed by atoms with Crippen LogP contribution >= 0.6 is 11.6 Å². The number of benzene rings is 1. The van der Waals surface area contributed by atoms with E-state index in [0.717, 1.165) is 18.2 Å². The Morgan fingerprint density at radius 1 is 1.26 bits per heavy atom. The molecule has 1 aromatic heterocycles. The van der Waals surface area contributed by atoms with Gasteiger partial charge in [0.05, 0.1) is 22.0 Å². The van der Waals surface area contributed by atoms with Crippen molar-refractivity contribution in [1.29, 1.82) is 5.26 Å². The zero-order valence-corrected chi connectivity index (χ0v) is 13.0. The van der Waals surface area contributed by atoms with Crippen molar-refractivity contribution in [2.45, 2.75) is 6.18 Å². The van der Waals surface area contributed by atoms with Gasteiger partial charge < -0.3 is 10.2 Å². The Morgan fingerprint density at radius 2 is 1.96 bits per heavy atom. The lowest BCUT2D eigenvalue weighted by Crippen LogP contribution is -2.12. The first kappa shape index (κ1) is 16.9. The highest BCUT2D eigenvalue weighted by Crippen LogP contribution is 2.35. The van der Waals surface area contributed by atoms with E-state index < -0.39 is 11.7 Å². The molecule has 0 aliphatic heterocycles. The summed E-state index contributed by atoms with van der Waals surface area (Å²) in [5.74, 6) is 0.139. The highest BCUT2D eigenvalue weighted by Gasteiger charge is 2.31. The molecule has 0 unspecified atom stereocenters. The van der Waals surface area contributed by atoms with Crippen LogP contribution in [-0.2, 0) is 6.18 Å². The number of anilines is 3. The van der Waals surface area contributed by atoms with Crippen LogP contribution in [0.4, 0.5) is 30.4 Å². The summed E-state index contributed by atoms with van der Waals surface area (Å²) < 4.78 is 38.4. The molecule has 8 heteroatoms. The van der Waals surface area contributed by atoms with Crippen molar-refractivity contribution in [3.8, 4) is 6.07 Å². The topological polar surface area (TPSA) is 52.0 Å². The van der Waals surface area contributed by atoms with Crippen LogP contribution in [-0.4, -0.2) is 19.1 Å². The molecule has 0 spiro atoms. The van der Waals surface area contributed by atoms with Crippen molar-refractivity contribution < 1.29 is 13.2 Å². The molecule has 0 amide bonds. The van der Waals surface area contributed by atoms with Crippen LogP contribution in [0.25, 0.3) is 0 Å². The van der Waals surface area contributed by atoms with Gasteiger partial charge in [0.2, 0.25) is 0 Å². The molecule has 0 saturated carbocycles. The SMILES string of the molecule is CN(C)c1ccnc(Nc2cc(C(F)(F)F)ccc2Cl)c1C#N. The van der Waals surface area contributed by atoms with Crippen molar-refractivity contribution in [2.75, 3.05) is 24.3 Å². The lowest BCUT2D eigenvalue weighted by molar-refractivity contribution is -0.137. The molecule has 0 bridgehead atoms. The molecule has 0 aliphatic carbocycles. The average molecular weight is 341 g/mol. The fourth-order valence-electron chi connectivity index (χ4n) is 1.95. The maximum atomic E-state index is 12.8. The summed E-state index contributed by atoms with van der Waals surface area (Å²) in [6.45, 7) is 0. The van der Waals surface area contributed by atoms with Crippen molar-refractivity contribution in [1.82, 2.24) is 4.98 Å². The predicted molar refractivity (Wildman–Crippen MR) is 83.0 cm³/mol. The molecule has 23 heavy (non-hydrogen) atoms. The van der Waals surface area contributed by atoms with E-state index in [4.69, 9.17) is 11.6 Å². The van der Waals surface area contributed by atoms with Crippen LogP contribution in [0, 0.1) is 11.3 Å². The fourth-order valence-corrected chi connectivity index (χ4v) is 2.12. The molecule has 0 fully saturated rings. The van der Waals surface area contributed by atoms with E-state index in [-0.39, 0.29) is 22.1 Å². The van der Waals surface area contributed by atoms with Gasteiger partial charge >= 0.3 is 6.18 Å². The maximum absolute atomic E-state index is 12.8. The maximum Gasteiger partial charge on any atom is 0.416 e. The molecular formula is C15H12ClF3N4. The largest absolute Gasteiger partial charge is 0.416 e. The molecule has 2 rings (SSSR count). The molecule has 0 atom stereocenters. The molecule has 1 aromatic carbocycles. The number of hydrogen-bond donors (Lipinski definition) is 1. The smallest absolute Gasteiger partial charge is 0.376 e. The van der Waals surface area contributed by atoms with Crippen molar-refractivity contribution in [2.24, 2.45) is 0 Å². The van der Waals surface area contributed by atoms with Crippen LogP contribution in [0.1, 0.15) is 11.1 Å². The number of rotatable bonds is 3. The lowest BCUT2D eigenvalue weighted by atomic mass is 10.1. The highest BCUT2D eigenvalue weighted by molar-refractivity contribution is 6.33. The van der Waals surface area contributed by atoms with Gasteiger partial charge in [-0.3, -0.25) is 0 Å². The van der Waals surface area contributed by atoms with Gasteiger partial charge in [0.25, 0.3) is 0 Å². The fraction of sp³-hybridized carbons (Fsp3) is 0.200. The van der Waals surface area contributed by atoms with Gasteiger partial charge in [-0.25, -0.2) is 4.98 Å². The normalized spacial score (nSPS) is 11.0. The van der Waals surface area contributed by atoms with Crippen molar-refractivity contribution in [3.05, 3.63) is 46.6 Å². The average Bonchev–Trinajstić information content (AvgIpc) is 2.48.